The zero-order valence-corrected chi connectivity index (χ0v) is 10.1. The van der Waals surface area contributed by atoms with Gasteiger partial charge in [-0.15, -0.1) is 0 Å². The molecule has 0 spiro atoms. The van der Waals surface area contributed by atoms with Crippen LogP contribution in [0.2, 0.25) is 0 Å². The Bertz CT molecular complexity index is 358. The summed E-state index contributed by atoms with van der Waals surface area (Å²) in [5.41, 5.74) is 1.55. The van der Waals surface area contributed by atoms with Crippen LogP contribution in [-0.2, 0) is 4.74 Å². The molecule has 0 bridgehead atoms. The van der Waals surface area contributed by atoms with Crippen LogP contribution in [0, 0.1) is 6.92 Å². The second kappa shape index (κ2) is 6.16. The minimum absolute atomic E-state index is 0.315. The Balaban J connectivity index is 2.74. The molecular weight excluding hydrogens is 204 g/mol. The lowest BCUT2D eigenvalue weighted by Gasteiger charge is -2.09. The van der Waals surface area contributed by atoms with Gasteiger partial charge in [-0.1, -0.05) is 19.4 Å². The molecule has 3 nitrogen and oxygen atoms in total. The first-order valence-electron chi connectivity index (χ1n) is 5.50. The van der Waals surface area contributed by atoms with E-state index < -0.39 is 0 Å². The van der Waals surface area contributed by atoms with Crippen molar-refractivity contribution in [2.75, 3.05) is 13.7 Å². The fourth-order valence-corrected chi connectivity index (χ4v) is 1.35. The van der Waals surface area contributed by atoms with Gasteiger partial charge in [0.1, 0.15) is 11.3 Å². The maximum absolute atomic E-state index is 11.7. The molecule has 0 atom stereocenters. The summed E-state index contributed by atoms with van der Waals surface area (Å²) in [4.78, 5) is 11.7. The molecule has 0 aliphatic heterocycles. The minimum Gasteiger partial charge on any atom is -0.496 e. The predicted molar refractivity (Wildman–Crippen MR) is 62.9 cm³/mol. The molecule has 0 amide bonds. The molecule has 0 aromatic heterocycles. The number of ether oxygens (including phenoxy) is 2. The Labute approximate surface area is 96.4 Å². The Kier molecular flexibility index (Phi) is 4.83. The van der Waals surface area contributed by atoms with Gasteiger partial charge in [0.2, 0.25) is 0 Å². The maximum atomic E-state index is 11.7. The smallest absolute Gasteiger partial charge is 0.341 e. The van der Waals surface area contributed by atoms with Gasteiger partial charge in [-0.3, -0.25) is 0 Å². The van der Waals surface area contributed by atoms with Crippen molar-refractivity contribution in [3.8, 4) is 5.75 Å². The van der Waals surface area contributed by atoms with E-state index in [-0.39, 0.29) is 5.97 Å². The Morgan fingerprint density at radius 3 is 2.75 bits per heavy atom. The van der Waals surface area contributed by atoms with Crippen LogP contribution in [0.25, 0.3) is 0 Å². The van der Waals surface area contributed by atoms with Gasteiger partial charge >= 0.3 is 5.97 Å². The van der Waals surface area contributed by atoms with Gasteiger partial charge in [-0.05, 0) is 31.0 Å². The highest BCUT2D eigenvalue weighted by Gasteiger charge is 2.13. The summed E-state index contributed by atoms with van der Waals surface area (Å²) in [5, 5.41) is 0. The number of esters is 1. The van der Waals surface area contributed by atoms with Crippen molar-refractivity contribution in [1.29, 1.82) is 0 Å². The number of carbonyl (C=O) groups excluding carboxylic acids is 1. The van der Waals surface area contributed by atoms with E-state index in [0.717, 1.165) is 18.4 Å². The van der Waals surface area contributed by atoms with Crippen LogP contribution in [0.5, 0.6) is 5.75 Å². The summed E-state index contributed by atoms with van der Waals surface area (Å²) in [6.45, 7) is 4.47. The number of hydrogen-bond donors (Lipinski definition) is 0. The SMILES string of the molecule is CCCCOC(=O)c1ccc(C)cc1OC. The van der Waals surface area contributed by atoms with Crippen LogP contribution < -0.4 is 4.74 Å². The van der Waals surface area contributed by atoms with Crippen molar-refractivity contribution in [3.63, 3.8) is 0 Å². The van der Waals surface area contributed by atoms with Crippen LogP contribution in [0.4, 0.5) is 0 Å². The molecule has 88 valence electrons. The van der Waals surface area contributed by atoms with Crippen molar-refractivity contribution in [1.82, 2.24) is 0 Å². The lowest BCUT2D eigenvalue weighted by Crippen LogP contribution is -2.08. The van der Waals surface area contributed by atoms with Gasteiger partial charge in [0, 0.05) is 0 Å². The molecule has 16 heavy (non-hydrogen) atoms. The normalized spacial score (nSPS) is 9.94. The number of carbonyl (C=O) groups is 1. The zero-order chi connectivity index (χ0) is 12.0. The predicted octanol–water partition coefficient (Wildman–Crippen LogP) is 2.96. The molecule has 0 aliphatic rings. The van der Waals surface area contributed by atoms with E-state index in [0.29, 0.717) is 17.9 Å². The van der Waals surface area contributed by atoms with E-state index in [1.54, 1.807) is 13.2 Å². The van der Waals surface area contributed by atoms with Gasteiger partial charge in [-0.25, -0.2) is 4.79 Å². The van der Waals surface area contributed by atoms with Gasteiger partial charge in [0.25, 0.3) is 0 Å². The van der Waals surface area contributed by atoms with Crippen LogP contribution >= 0.6 is 0 Å². The third-order valence-corrected chi connectivity index (χ3v) is 2.31. The average Bonchev–Trinajstić information content (AvgIpc) is 2.29. The summed E-state index contributed by atoms with van der Waals surface area (Å²) < 4.78 is 10.3. The molecule has 0 saturated heterocycles. The van der Waals surface area contributed by atoms with Gasteiger partial charge in [0.15, 0.2) is 0 Å². The molecule has 0 heterocycles. The number of rotatable bonds is 5. The molecule has 0 radical (unpaired) electrons. The molecule has 0 fully saturated rings. The van der Waals surface area contributed by atoms with Crippen molar-refractivity contribution >= 4 is 5.97 Å². The molecule has 0 aliphatic carbocycles. The molecule has 1 aromatic carbocycles. The zero-order valence-electron chi connectivity index (χ0n) is 10.1. The van der Waals surface area contributed by atoms with E-state index in [1.165, 1.54) is 0 Å². The first kappa shape index (κ1) is 12.6. The first-order valence-corrected chi connectivity index (χ1v) is 5.50. The third-order valence-electron chi connectivity index (χ3n) is 2.31. The number of methoxy groups -OCH3 is 1. The van der Waals surface area contributed by atoms with Gasteiger partial charge < -0.3 is 9.47 Å². The standard InChI is InChI=1S/C13H18O3/c1-4-5-8-16-13(14)11-7-6-10(2)9-12(11)15-3/h6-7,9H,4-5,8H2,1-3H3. The van der Waals surface area contributed by atoms with Gasteiger partial charge in [-0.2, -0.15) is 0 Å². The van der Waals surface area contributed by atoms with Crippen LogP contribution in [0.15, 0.2) is 18.2 Å². The Hall–Kier alpha value is -1.51. The molecule has 3 heteroatoms. The van der Waals surface area contributed by atoms with Crippen molar-refractivity contribution < 1.29 is 14.3 Å². The average molecular weight is 222 g/mol. The highest BCUT2D eigenvalue weighted by molar-refractivity contribution is 5.92. The molecule has 0 saturated carbocycles. The van der Waals surface area contributed by atoms with Crippen molar-refractivity contribution in [2.24, 2.45) is 0 Å². The quantitative estimate of drug-likeness (QED) is 0.567. The third kappa shape index (κ3) is 3.26. The van der Waals surface area contributed by atoms with Crippen LogP contribution in [-0.4, -0.2) is 19.7 Å². The Morgan fingerprint density at radius 1 is 1.38 bits per heavy atom. The summed E-state index contributed by atoms with van der Waals surface area (Å²) in [6, 6.07) is 5.44. The number of aryl methyl sites for hydroxylation is 1. The summed E-state index contributed by atoms with van der Waals surface area (Å²) in [6.07, 6.45) is 1.90. The molecule has 1 rings (SSSR count). The van der Waals surface area contributed by atoms with Crippen molar-refractivity contribution in [3.05, 3.63) is 29.3 Å². The topological polar surface area (TPSA) is 35.5 Å². The molecule has 0 N–H and O–H groups in total. The monoisotopic (exact) mass is 222 g/mol. The highest BCUT2D eigenvalue weighted by Crippen LogP contribution is 2.20. The molecule has 0 unspecified atom stereocenters. The second-order valence-corrected chi connectivity index (χ2v) is 3.69. The van der Waals surface area contributed by atoms with Gasteiger partial charge in [0.05, 0.1) is 13.7 Å². The maximum Gasteiger partial charge on any atom is 0.341 e. The largest absolute Gasteiger partial charge is 0.496 e. The highest BCUT2D eigenvalue weighted by atomic mass is 16.5. The van der Waals surface area contributed by atoms with E-state index in [1.807, 2.05) is 19.1 Å². The Morgan fingerprint density at radius 2 is 2.12 bits per heavy atom. The van der Waals surface area contributed by atoms with E-state index in [2.05, 4.69) is 6.92 Å². The van der Waals surface area contributed by atoms with Crippen LogP contribution in [0.1, 0.15) is 35.7 Å². The number of benzene rings is 1. The van der Waals surface area contributed by atoms with E-state index in [4.69, 9.17) is 9.47 Å². The summed E-state index contributed by atoms with van der Waals surface area (Å²) in [5.74, 6) is 0.256. The molecular formula is C13H18O3. The molecule has 1 aromatic rings. The second-order valence-electron chi connectivity index (χ2n) is 3.69. The van der Waals surface area contributed by atoms with Crippen molar-refractivity contribution in [2.45, 2.75) is 26.7 Å². The lowest BCUT2D eigenvalue weighted by molar-refractivity contribution is 0.0496. The van der Waals surface area contributed by atoms with E-state index in [9.17, 15) is 4.79 Å². The first-order chi connectivity index (χ1) is 7.69. The fraction of sp³-hybridized carbons (Fsp3) is 0.462. The fourth-order valence-electron chi connectivity index (χ4n) is 1.35. The minimum atomic E-state index is -0.315. The lowest BCUT2D eigenvalue weighted by atomic mass is 10.1. The summed E-state index contributed by atoms with van der Waals surface area (Å²) in [7, 11) is 1.55. The number of unbranched alkanes of at least 4 members (excludes halogenated alkanes) is 1. The van der Waals surface area contributed by atoms with E-state index >= 15 is 0 Å². The summed E-state index contributed by atoms with van der Waals surface area (Å²) >= 11 is 0. The van der Waals surface area contributed by atoms with Crippen LogP contribution in [0.3, 0.4) is 0 Å². The number of hydrogen-bond acceptors (Lipinski definition) is 3.